The van der Waals surface area contributed by atoms with Crippen molar-refractivity contribution < 1.29 is 23.9 Å². The molecule has 0 spiro atoms. The summed E-state index contributed by atoms with van der Waals surface area (Å²) in [6.45, 7) is 13.4. The van der Waals surface area contributed by atoms with Gasteiger partial charge in [-0.2, -0.15) is 0 Å². The van der Waals surface area contributed by atoms with Gasteiger partial charge in [-0.3, -0.25) is 9.69 Å². The predicted octanol–water partition coefficient (Wildman–Crippen LogP) is 1.09. The SMILES string of the molecule is CCOC(=O)N1CCN(C(=O)CN2C[C@@H]3CN(C(=O)OC(C)(C)C)C[C@@H]3C2)CC1. The standard InChI is InChI=1S/C20H34N4O5/c1-5-28-18(26)23-8-6-22(7-9-23)17(25)14-21-10-15-12-24(13-16(15)11-21)19(27)29-20(2,3)4/h15-16H,5-14H2,1-4H3/t15-,16+. The largest absolute Gasteiger partial charge is 0.450 e. The number of hydrogen-bond acceptors (Lipinski definition) is 6. The molecule has 3 rings (SSSR count). The molecule has 3 saturated heterocycles. The Morgan fingerprint density at radius 1 is 0.828 bits per heavy atom. The van der Waals surface area contributed by atoms with Crippen LogP contribution in [0.15, 0.2) is 0 Å². The van der Waals surface area contributed by atoms with Crippen LogP contribution in [0.5, 0.6) is 0 Å². The molecule has 3 aliphatic rings. The van der Waals surface area contributed by atoms with E-state index >= 15 is 0 Å². The zero-order valence-electron chi connectivity index (χ0n) is 18.1. The summed E-state index contributed by atoms with van der Waals surface area (Å²) in [5, 5.41) is 0. The van der Waals surface area contributed by atoms with Crippen LogP contribution in [0, 0.1) is 11.8 Å². The molecule has 164 valence electrons. The van der Waals surface area contributed by atoms with Crippen molar-refractivity contribution in [2.45, 2.75) is 33.3 Å². The molecule has 3 amide bonds. The Kier molecular flexibility index (Phi) is 6.55. The molecule has 9 nitrogen and oxygen atoms in total. The molecule has 3 fully saturated rings. The molecule has 2 atom stereocenters. The van der Waals surface area contributed by atoms with Crippen molar-refractivity contribution in [2.75, 3.05) is 65.5 Å². The molecule has 3 heterocycles. The number of carbonyl (C=O) groups is 3. The molecule has 29 heavy (non-hydrogen) atoms. The van der Waals surface area contributed by atoms with Crippen LogP contribution in [-0.2, 0) is 14.3 Å². The summed E-state index contributed by atoms with van der Waals surface area (Å²) >= 11 is 0. The molecule has 0 unspecified atom stereocenters. The Morgan fingerprint density at radius 3 is 1.90 bits per heavy atom. The first kappa shape index (κ1) is 21.7. The Bertz CT molecular complexity index is 613. The summed E-state index contributed by atoms with van der Waals surface area (Å²) in [6, 6.07) is 0. The highest BCUT2D eigenvalue weighted by molar-refractivity contribution is 5.79. The van der Waals surface area contributed by atoms with Gasteiger partial charge >= 0.3 is 12.2 Å². The van der Waals surface area contributed by atoms with E-state index in [9.17, 15) is 14.4 Å². The van der Waals surface area contributed by atoms with E-state index in [0.29, 0.717) is 64.3 Å². The normalized spacial score (nSPS) is 25.2. The lowest BCUT2D eigenvalue weighted by molar-refractivity contribution is -0.133. The number of rotatable bonds is 3. The van der Waals surface area contributed by atoms with Gasteiger partial charge in [-0.25, -0.2) is 9.59 Å². The van der Waals surface area contributed by atoms with E-state index in [1.165, 1.54) is 0 Å². The number of piperazine rings is 1. The quantitative estimate of drug-likeness (QED) is 0.693. The number of likely N-dealkylation sites (tertiary alicyclic amines) is 2. The van der Waals surface area contributed by atoms with E-state index in [-0.39, 0.29) is 18.1 Å². The van der Waals surface area contributed by atoms with Gasteiger partial charge in [-0.05, 0) is 39.5 Å². The van der Waals surface area contributed by atoms with Gasteiger partial charge in [0.1, 0.15) is 5.60 Å². The topological polar surface area (TPSA) is 82.6 Å². The monoisotopic (exact) mass is 410 g/mol. The van der Waals surface area contributed by atoms with Crippen molar-refractivity contribution in [2.24, 2.45) is 11.8 Å². The maximum atomic E-state index is 12.7. The molecule has 0 aromatic carbocycles. The van der Waals surface area contributed by atoms with E-state index in [2.05, 4.69) is 4.90 Å². The van der Waals surface area contributed by atoms with E-state index < -0.39 is 5.60 Å². The number of fused-ring (bicyclic) bond motifs is 1. The lowest BCUT2D eigenvalue weighted by Gasteiger charge is -2.35. The van der Waals surface area contributed by atoms with Gasteiger partial charge in [0, 0.05) is 52.4 Å². The van der Waals surface area contributed by atoms with Gasteiger partial charge < -0.3 is 24.2 Å². The van der Waals surface area contributed by atoms with Crippen molar-refractivity contribution in [3.63, 3.8) is 0 Å². The lowest BCUT2D eigenvalue weighted by Crippen LogP contribution is -2.52. The third-order valence-electron chi connectivity index (χ3n) is 5.73. The van der Waals surface area contributed by atoms with Gasteiger partial charge in [-0.15, -0.1) is 0 Å². The fraction of sp³-hybridized carbons (Fsp3) is 0.850. The fourth-order valence-electron chi connectivity index (χ4n) is 4.34. The van der Waals surface area contributed by atoms with Crippen molar-refractivity contribution in [3.8, 4) is 0 Å². The van der Waals surface area contributed by atoms with E-state index in [4.69, 9.17) is 9.47 Å². The first-order valence-corrected chi connectivity index (χ1v) is 10.6. The van der Waals surface area contributed by atoms with Crippen LogP contribution in [0.1, 0.15) is 27.7 Å². The zero-order chi connectivity index (χ0) is 21.2. The van der Waals surface area contributed by atoms with Crippen LogP contribution in [-0.4, -0.2) is 109 Å². The Balaban J connectivity index is 1.40. The third kappa shape index (κ3) is 5.52. The molecule has 0 N–H and O–H groups in total. The highest BCUT2D eigenvalue weighted by atomic mass is 16.6. The van der Waals surface area contributed by atoms with Crippen LogP contribution in [0.2, 0.25) is 0 Å². The summed E-state index contributed by atoms with van der Waals surface area (Å²) < 4.78 is 10.5. The van der Waals surface area contributed by atoms with Gasteiger partial charge in [0.25, 0.3) is 0 Å². The van der Waals surface area contributed by atoms with E-state index in [1.54, 1.807) is 16.7 Å². The molecular formula is C20H34N4O5. The second-order valence-corrected chi connectivity index (χ2v) is 9.17. The molecule has 0 aliphatic carbocycles. The second kappa shape index (κ2) is 8.77. The van der Waals surface area contributed by atoms with E-state index in [1.807, 2.05) is 25.7 Å². The van der Waals surface area contributed by atoms with Crippen molar-refractivity contribution in [3.05, 3.63) is 0 Å². The molecular weight excluding hydrogens is 376 g/mol. The summed E-state index contributed by atoms with van der Waals surface area (Å²) in [5.41, 5.74) is -0.482. The number of carbonyl (C=O) groups excluding carboxylic acids is 3. The minimum absolute atomic E-state index is 0.109. The third-order valence-corrected chi connectivity index (χ3v) is 5.73. The highest BCUT2D eigenvalue weighted by Crippen LogP contribution is 2.31. The van der Waals surface area contributed by atoms with Gasteiger partial charge in [0.2, 0.25) is 5.91 Å². The second-order valence-electron chi connectivity index (χ2n) is 9.17. The number of hydrogen-bond donors (Lipinski definition) is 0. The fourth-order valence-corrected chi connectivity index (χ4v) is 4.34. The summed E-state index contributed by atoms with van der Waals surface area (Å²) in [5.74, 6) is 0.907. The van der Waals surface area contributed by atoms with E-state index in [0.717, 1.165) is 13.1 Å². The minimum Gasteiger partial charge on any atom is -0.450 e. The molecule has 0 radical (unpaired) electrons. The molecule has 3 aliphatic heterocycles. The smallest absolute Gasteiger partial charge is 0.410 e. The van der Waals surface area contributed by atoms with Gasteiger partial charge in [-0.1, -0.05) is 0 Å². The maximum absolute atomic E-state index is 12.7. The Labute approximate surface area is 172 Å². The number of nitrogens with zero attached hydrogens (tertiary/aromatic N) is 4. The van der Waals surface area contributed by atoms with Crippen LogP contribution >= 0.6 is 0 Å². The minimum atomic E-state index is -0.482. The van der Waals surface area contributed by atoms with Crippen LogP contribution in [0.4, 0.5) is 9.59 Å². The highest BCUT2D eigenvalue weighted by Gasteiger charge is 2.43. The average molecular weight is 411 g/mol. The summed E-state index contributed by atoms with van der Waals surface area (Å²) in [4.78, 5) is 44.2. The zero-order valence-corrected chi connectivity index (χ0v) is 18.1. The average Bonchev–Trinajstić information content (AvgIpc) is 3.19. The molecule has 0 aromatic rings. The Morgan fingerprint density at radius 2 is 1.38 bits per heavy atom. The first-order chi connectivity index (χ1) is 13.7. The van der Waals surface area contributed by atoms with Crippen molar-refractivity contribution in [1.82, 2.24) is 19.6 Å². The summed E-state index contributed by atoms with van der Waals surface area (Å²) in [7, 11) is 0. The molecule has 9 heteroatoms. The molecule has 0 aromatic heterocycles. The van der Waals surface area contributed by atoms with Crippen LogP contribution < -0.4 is 0 Å². The van der Waals surface area contributed by atoms with Gasteiger partial charge in [0.15, 0.2) is 0 Å². The van der Waals surface area contributed by atoms with Crippen LogP contribution in [0.25, 0.3) is 0 Å². The summed E-state index contributed by atoms with van der Waals surface area (Å²) in [6.07, 6.45) is -0.546. The number of amides is 3. The first-order valence-electron chi connectivity index (χ1n) is 10.6. The molecule has 0 bridgehead atoms. The number of ether oxygens (including phenoxy) is 2. The molecule has 0 saturated carbocycles. The van der Waals surface area contributed by atoms with Crippen molar-refractivity contribution >= 4 is 18.1 Å². The van der Waals surface area contributed by atoms with Crippen molar-refractivity contribution in [1.29, 1.82) is 0 Å². The Hall–Kier alpha value is -2.03. The lowest BCUT2D eigenvalue weighted by atomic mass is 10.0. The maximum Gasteiger partial charge on any atom is 0.410 e. The van der Waals surface area contributed by atoms with Crippen LogP contribution in [0.3, 0.4) is 0 Å². The van der Waals surface area contributed by atoms with Gasteiger partial charge in [0.05, 0.1) is 13.2 Å². The predicted molar refractivity (Wildman–Crippen MR) is 106 cm³/mol.